The van der Waals surface area contributed by atoms with Crippen molar-refractivity contribution in [2.45, 2.75) is 37.4 Å². The van der Waals surface area contributed by atoms with Gasteiger partial charge in [-0.25, -0.2) is 0 Å². The lowest BCUT2D eigenvalue weighted by Crippen LogP contribution is -2.45. The number of para-hydroxylation sites is 1. The van der Waals surface area contributed by atoms with Crippen LogP contribution in [0.4, 0.5) is 5.69 Å². The molecule has 1 spiro atoms. The first-order valence-corrected chi connectivity index (χ1v) is 12.4. The van der Waals surface area contributed by atoms with E-state index in [4.69, 9.17) is 9.26 Å². The first-order valence-electron chi connectivity index (χ1n) is 12.4. The second kappa shape index (κ2) is 8.29. The fourth-order valence-electron chi connectivity index (χ4n) is 6.07. The molecule has 0 radical (unpaired) electrons. The molecule has 2 aromatic heterocycles. The van der Waals surface area contributed by atoms with Gasteiger partial charge in [0.1, 0.15) is 16.9 Å². The van der Waals surface area contributed by atoms with Gasteiger partial charge in [0.25, 0.3) is 5.91 Å². The third kappa shape index (κ3) is 3.28. The average Bonchev–Trinajstić information content (AvgIpc) is 3.72. The lowest BCUT2D eigenvalue weighted by atomic mass is 9.72. The van der Waals surface area contributed by atoms with Crippen LogP contribution in [0.15, 0.2) is 71.5 Å². The lowest BCUT2D eigenvalue weighted by Gasteiger charge is -2.35. The lowest BCUT2D eigenvalue weighted by molar-refractivity contribution is -0.124. The quantitative estimate of drug-likeness (QED) is 0.399. The summed E-state index contributed by atoms with van der Waals surface area (Å²) in [6.07, 6.45) is 4.56. The number of ether oxygens (including phenoxy) is 1. The number of fused-ring (bicyclic) bond motifs is 8. The van der Waals surface area contributed by atoms with Crippen LogP contribution in [0, 0.1) is 0 Å². The van der Waals surface area contributed by atoms with E-state index in [1.165, 1.54) is 6.20 Å². The van der Waals surface area contributed by atoms with Crippen LogP contribution in [0.3, 0.4) is 0 Å². The van der Waals surface area contributed by atoms with Gasteiger partial charge in [0.15, 0.2) is 0 Å². The molecule has 0 saturated carbocycles. The van der Waals surface area contributed by atoms with Gasteiger partial charge in [-0.1, -0.05) is 40.7 Å². The third-order valence-electron chi connectivity index (χ3n) is 7.62. The predicted octanol–water partition coefficient (Wildman–Crippen LogP) is 3.12. The van der Waals surface area contributed by atoms with Crippen LogP contribution in [0.2, 0.25) is 0 Å². The topological polar surface area (TPSA) is 107 Å². The molecule has 2 aromatic carbocycles. The Morgan fingerprint density at radius 3 is 2.89 bits per heavy atom. The normalized spacial score (nSPS) is 22.6. The molecule has 1 fully saturated rings. The first kappa shape index (κ1) is 21.8. The highest BCUT2D eigenvalue weighted by Gasteiger charge is 2.62. The van der Waals surface area contributed by atoms with Gasteiger partial charge in [0.05, 0.1) is 31.6 Å². The number of benzene rings is 2. The van der Waals surface area contributed by atoms with Crippen molar-refractivity contribution in [3.8, 4) is 5.75 Å². The van der Waals surface area contributed by atoms with Crippen LogP contribution in [-0.2, 0) is 23.3 Å². The van der Waals surface area contributed by atoms with E-state index < -0.39 is 11.5 Å². The van der Waals surface area contributed by atoms with E-state index in [0.717, 1.165) is 23.2 Å². The number of aromatic nitrogens is 4. The summed E-state index contributed by atoms with van der Waals surface area (Å²) in [7, 11) is 0. The number of anilines is 1. The standard InChI is InChI=1S/C27H24N6O4/c34-25(23-9-11-28-37-23)32-13-10-27-21-7-1-2-8-22(21)33(26(27)35)17-19-16-31(30-29-19)12-4-14-36-20-6-3-5-18(15-20)24(27)32/h1-3,5-9,11,15-16,24H,4,10,12-14,17H2/t24-,27+/m0/s1. The van der Waals surface area contributed by atoms with Gasteiger partial charge in [0, 0.05) is 31.3 Å². The number of hydrogen-bond acceptors (Lipinski definition) is 7. The Bertz CT molecular complexity index is 1500. The van der Waals surface area contributed by atoms with Gasteiger partial charge >= 0.3 is 0 Å². The summed E-state index contributed by atoms with van der Waals surface area (Å²) in [5, 5.41) is 12.3. The number of amides is 2. The second-order valence-corrected chi connectivity index (χ2v) is 9.66. The number of likely N-dealkylation sites (tertiary alicyclic amines) is 1. The Kier molecular flexibility index (Phi) is 4.88. The monoisotopic (exact) mass is 496 g/mol. The molecule has 0 aliphatic carbocycles. The van der Waals surface area contributed by atoms with Gasteiger partial charge in [-0.05, 0) is 35.7 Å². The van der Waals surface area contributed by atoms with Crippen LogP contribution in [0.1, 0.15) is 46.3 Å². The molecular weight excluding hydrogens is 472 g/mol. The Morgan fingerprint density at radius 1 is 1.08 bits per heavy atom. The van der Waals surface area contributed by atoms with E-state index in [9.17, 15) is 9.59 Å². The van der Waals surface area contributed by atoms with Gasteiger partial charge in [-0.15, -0.1) is 5.10 Å². The average molecular weight is 497 g/mol. The summed E-state index contributed by atoms with van der Waals surface area (Å²) in [6.45, 7) is 1.85. The summed E-state index contributed by atoms with van der Waals surface area (Å²) >= 11 is 0. The van der Waals surface area contributed by atoms with Gasteiger partial charge in [-0.2, -0.15) is 0 Å². The summed E-state index contributed by atoms with van der Waals surface area (Å²) in [4.78, 5) is 31.7. The smallest absolute Gasteiger partial charge is 0.293 e. The molecule has 3 aliphatic heterocycles. The fraction of sp³-hybridized carbons (Fsp3) is 0.296. The van der Waals surface area contributed by atoms with Crippen LogP contribution in [0.25, 0.3) is 0 Å². The zero-order valence-electron chi connectivity index (χ0n) is 20.0. The molecule has 10 nitrogen and oxygen atoms in total. The predicted molar refractivity (Wildman–Crippen MR) is 131 cm³/mol. The van der Waals surface area contributed by atoms with Crippen LogP contribution < -0.4 is 9.64 Å². The van der Waals surface area contributed by atoms with Crippen molar-refractivity contribution in [1.29, 1.82) is 0 Å². The number of rotatable bonds is 1. The third-order valence-corrected chi connectivity index (χ3v) is 7.62. The SMILES string of the molecule is O=C(c1ccno1)N1CC[C@]23C(=O)N(Cc4cn(nn4)CCCOc4cccc(c4)[C@H]12)c1ccccc13. The first-order chi connectivity index (χ1) is 18.1. The van der Waals surface area contributed by atoms with Crippen molar-refractivity contribution in [2.24, 2.45) is 0 Å². The highest BCUT2D eigenvalue weighted by molar-refractivity contribution is 6.09. The number of hydrogen-bond donors (Lipinski definition) is 0. The molecule has 1 saturated heterocycles. The molecule has 6 bridgehead atoms. The maximum atomic E-state index is 14.5. The van der Waals surface area contributed by atoms with Crippen LogP contribution in [-0.4, -0.2) is 50.0 Å². The number of carbonyl (C=O) groups excluding carboxylic acids is 2. The summed E-state index contributed by atoms with van der Waals surface area (Å²) in [5.41, 5.74) is 2.32. The molecule has 0 unspecified atom stereocenters. The highest BCUT2D eigenvalue weighted by Crippen LogP contribution is 2.57. The molecule has 3 aliphatic rings. The number of aryl methyl sites for hydroxylation is 1. The van der Waals surface area contributed by atoms with Crippen molar-refractivity contribution in [3.63, 3.8) is 0 Å². The Labute approximate surface area is 212 Å². The van der Waals surface area contributed by atoms with E-state index in [-0.39, 0.29) is 17.6 Å². The molecule has 5 heterocycles. The van der Waals surface area contributed by atoms with Crippen LogP contribution in [0.5, 0.6) is 5.75 Å². The largest absolute Gasteiger partial charge is 0.494 e. The van der Waals surface area contributed by atoms with Gasteiger partial charge < -0.3 is 19.1 Å². The molecule has 186 valence electrons. The summed E-state index contributed by atoms with van der Waals surface area (Å²) in [6, 6.07) is 16.6. The minimum absolute atomic E-state index is 0.0534. The van der Waals surface area contributed by atoms with E-state index in [1.54, 1.807) is 20.5 Å². The number of nitrogens with zero attached hydrogens (tertiary/aromatic N) is 6. The molecule has 10 heteroatoms. The zero-order valence-corrected chi connectivity index (χ0v) is 20.0. The van der Waals surface area contributed by atoms with Crippen molar-refractivity contribution >= 4 is 17.5 Å². The number of carbonyl (C=O) groups is 2. The summed E-state index contributed by atoms with van der Waals surface area (Å²) < 4.78 is 13.1. The molecule has 2 atom stereocenters. The fourth-order valence-corrected chi connectivity index (χ4v) is 6.07. The molecule has 4 aromatic rings. The molecule has 37 heavy (non-hydrogen) atoms. The van der Waals surface area contributed by atoms with Crippen molar-refractivity contribution in [1.82, 2.24) is 25.1 Å². The highest BCUT2D eigenvalue weighted by atomic mass is 16.5. The maximum Gasteiger partial charge on any atom is 0.293 e. The molecule has 7 rings (SSSR count). The summed E-state index contributed by atoms with van der Waals surface area (Å²) in [5.74, 6) is 0.488. The minimum Gasteiger partial charge on any atom is -0.494 e. The Morgan fingerprint density at radius 2 is 2.00 bits per heavy atom. The maximum absolute atomic E-state index is 14.5. The van der Waals surface area contributed by atoms with E-state index in [1.807, 2.05) is 54.7 Å². The van der Waals surface area contributed by atoms with Crippen molar-refractivity contribution < 1.29 is 18.8 Å². The van der Waals surface area contributed by atoms with Crippen molar-refractivity contribution in [3.05, 3.63) is 89.6 Å². The van der Waals surface area contributed by atoms with Gasteiger partial charge in [0.2, 0.25) is 11.7 Å². The Balaban J connectivity index is 1.43. The van der Waals surface area contributed by atoms with E-state index >= 15 is 0 Å². The van der Waals surface area contributed by atoms with Gasteiger partial charge in [-0.3, -0.25) is 14.3 Å². The van der Waals surface area contributed by atoms with Crippen LogP contribution >= 0.6 is 0 Å². The van der Waals surface area contributed by atoms with E-state index in [2.05, 4.69) is 15.5 Å². The second-order valence-electron chi connectivity index (χ2n) is 9.66. The zero-order chi connectivity index (χ0) is 25.0. The van der Waals surface area contributed by atoms with E-state index in [0.29, 0.717) is 44.1 Å². The minimum atomic E-state index is -0.971. The Hall–Kier alpha value is -4.47. The van der Waals surface area contributed by atoms with Crippen molar-refractivity contribution in [2.75, 3.05) is 18.1 Å². The molecule has 0 N–H and O–H groups in total. The molecule has 2 amide bonds. The molecular formula is C27H24N6O4.